The molecule has 0 fully saturated rings. The van der Waals surface area contributed by atoms with Gasteiger partial charge < -0.3 is 5.73 Å². The van der Waals surface area contributed by atoms with Crippen molar-refractivity contribution in [2.75, 3.05) is 6.54 Å². The highest BCUT2D eigenvalue weighted by molar-refractivity contribution is 5.09. The molecule has 1 atom stereocenters. The number of nitrogens with two attached hydrogens (primary N) is 1. The van der Waals surface area contributed by atoms with Crippen molar-refractivity contribution < 1.29 is 0 Å². The summed E-state index contributed by atoms with van der Waals surface area (Å²) in [5, 5.41) is 0. The number of unbranched alkanes of at least 4 members (excludes halogenated alkanes) is 3. The van der Waals surface area contributed by atoms with Crippen LogP contribution in [0.4, 0.5) is 0 Å². The molecular weight excluding hydrogens is 194 g/mol. The summed E-state index contributed by atoms with van der Waals surface area (Å²) in [6.07, 6.45) is 9.24. The first-order valence-electron chi connectivity index (χ1n) is 6.97. The molecule has 0 aromatic carbocycles. The minimum Gasteiger partial charge on any atom is -0.330 e. The molecule has 0 aliphatic rings. The molecule has 1 nitrogen and oxygen atoms in total. The van der Waals surface area contributed by atoms with E-state index in [9.17, 15) is 0 Å². The summed E-state index contributed by atoms with van der Waals surface area (Å²) in [6.45, 7) is 9.92. The van der Waals surface area contributed by atoms with Crippen LogP contribution in [0.25, 0.3) is 0 Å². The molecule has 16 heavy (non-hydrogen) atoms. The lowest BCUT2D eigenvalue weighted by atomic mass is 9.97. The van der Waals surface area contributed by atoms with Crippen molar-refractivity contribution in [3.63, 3.8) is 0 Å². The molecule has 0 bridgehead atoms. The minimum absolute atomic E-state index is 0.669. The van der Waals surface area contributed by atoms with Crippen LogP contribution in [-0.2, 0) is 0 Å². The second-order valence-electron chi connectivity index (χ2n) is 5.25. The Hall–Kier alpha value is -0.300. The fraction of sp³-hybridized carbons (Fsp3) is 0.867. The Balaban J connectivity index is 3.77. The monoisotopic (exact) mass is 225 g/mol. The Morgan fingerprint density at radius 2 is 1.62 bits per heavy atom. The van der Waals surface area contributed by atoms with Gasteiger partial charge in [0.1, 0.15) is 0 Å². The van der Waals surface area contributed by atoms with Crippen LogP contribution < -0.4 is 5.73 Å². The molecule has 0 saturated carbocycles. The zero-order valence-electron chi connectivity index (χ0n) is 11.8. The van der Waals surface area contributed by atoms with Gasteiger partial charge in [-0.1, -0.05) is 44.3 Å². The molecular formula is C15H31N. The molecule has 1 heteroatoms. The third-order valence-electron chi connectivity index (χ3n) is 3.55. The van der Waals surface area contributed by atoms with Crippen molar-refractivity contribution in [2.24, 2.45) is 11.7 Å². The van der Waals surface area contributed by atoms with E-state index in [1.54, 1.807) is 11.1 Å². The standard InChI is InChI=1S/C15H31N/c1-5-6-7-8-9-14(3)15(4)11-10-13(2)12-16/h13H,5-12,16H2,1-4H3/b15-14-. The maximum Gasteiger partial charge on any atom is -0.00514 e. The van der Waals surface area contributed by atoms with Crippen molar-refractivity contribution in [1.82, 2.24) is 0 Å². The highest BCUT2D eigenvalue weighted by Crippen LogP contribution is 2.18. The quantitative estimate of drug-likeness (QED) is 0.448. The third-order valence-corrected chi connectivity index (χ3v) is 3.55. The summed E-state index contributed by atoms with van der Waals surface area (Å²) >= 11 is 0. The first-order valence-corrected chi connectivity index (χ1v) is 6.97. The molecule has 0 aliphatic heterocycles. The molecule has 0 aromatic heterocycles. The van der Waals surface area contributed by atoms with E-state index in [4.69, 9.17) is 5.73 Å². The summed E-state index contributed by atoms with van der Waals surface area (Å²) in [7, 11) is 0. The van der Waals surface area contributed by atoms with Gasteiger partial charge in [-0.05, 0) is 52.0 Å². The average molecular weight is 225 g/mol. The summed E-state index contributed by atoms with van der Waals surface area (Å²) in [4.78, 5) is 0. The fourth-order valence-corrected chi connectivity index (χ4v) is 1.82. The van der Waals surface area contributed by atoms with E-state index in [2.05, 4.69) is 27.7 Å². The smallest absolute Gasteiger partial charge is 0.00514 e. The van der Waals surface area contributed by atoms with Gasteiger partial charge in [-0.15, -0.1) is 0 Å². The van der Waals surface area contributed by atoms with Crippen LogP contribution in [-0.4, -0.2) is 6.54 Å². The molecule has 0 heterocycles. The molecule has 0 amide bonds. The van der Waals surface area contributed by atoms with Crippen LogP contribution in [0.1, 0.15) is 72.6 Å². The first kappa shape index (κ1) is 15.7. The Bertz CT molecular complexity index is 194. The van der Waals surface area contributed by atoms with Gasteiger partial charge in [-0.2, -0.15) is 0 Å². The van der Waals surface area contributed by atoms with Gasteiger partial charge in [0.25, 0.3) is 0 Å². The SMILES string of the molecule is CCCCCC/C(C)=C(/C)CCC(C)CN. The molecule has 0 aromatic rings. The van der Waals surface area contributed by atoms with Gasteiger partial charge in [0.2, 0.25) is 0 Å². The average Bonchev–Trinajstić information content (AvgIpc) is 2.30. The predicted octanol–water partition coefficient (Wildman–Crippen LogP) is 4.67. The number of allylic oxidation sites excluding steroid dienone is 2. The van der Waals surface area contributed by atoms with Crippen LogP contribution >= 0.6 is 0 Å². The van der Waals surface area contributed by atoms with Crippen molar-refractivity contribution in [1.29, 1.82) is 0 Å². The van der Waals surface area contributed by atoms with E-state index in [0.717, 1.165) is 6.54 Å². The topological polar surface area (TPSA) is 26.0 Å². The summed E-state index contributed by atoms with van der Waals surface area (Å²) in [5.41, 5.74) is 8.84. The molecule has 0 saturated heterocycles. The maximum atomic E-state index is 5.63. The Labute approximate surface area is 102 Å². The molecule has 96 valence electrons. The lowest BCUT2D eigenvalue weighted by Gasteiger charge is -2.11. The van der Waals surface area contributed by atoms with Crippen molar-refractivity contribution in [3.8, 4) is 0 Å². The van der Waals surface area contributed by atoms with Crippen molar-refractivity contribution in [3.05, 3.63) is 11.1 Å². The molecule has 1 unspecified atom stereocenters. The van der Waals surface area contributed by atoms with Gasteiger partial charge in [0.05, 0.1) is 0 Å². The van der Waals surface area contributed by atoms with Gasteiger partial charge in [0, 0.05) is 0 Å². The molecule has 0 rings (SSSR count). The predicted molar refractivity (Wildman–Crippen MR) is 74.6 cm³/mol. The van der Waals surface area contributed by atoms with E-state index in [1.165, 1.54) is 44.9 Å². The van der Waals surface area contributed by atoms with Crippen LogP contribution in [0.2, 0.25) is 0 Å². The van der Waals surface area contributed by atoms with Crippen molar-refractivity contribution in [2.45, 2.75) is 72.6 Å². The van der Waals surface area contributed by atoms with Crippen LogP contribution in [0.3, 0.4) is 0 Å². The zero-order chi connectivity index (χ0) is 12.4. The number of hydrogen-bond donors (Lipinski definition) is 1. The van der Waals surface area contributed by atoms with E-state index in [-0.39, 0.29) is 0 Å². The van der Waals surface area contributed by atoms with Crippen LogP contribution in [0.5, 0.6) is 0 Å². The maximum absolute atomic E-state index is 5.63. The number of hydrogen-bond acceptors (Lipinski definition) is 1. The second kappa shape index (κ2) is 9.89. The lowest BCUT2D eigenvalue weighted by molar-refractivity contribution is 0.540. The van der Waals surface area contributed by atoms with E-state index >= 15 is 0 Å². The molecule has 0 aliphatic carbocycles. The Morgan fingerprint density at radius 3 is 2.19 bits per heavy atom. The van der Waals surface area contributed by atoms with E-state index in [0.29, 0.717) is 5.92 Å². The normalized spacial score (nSPS) is 14.8. The van der Waals surface area contributed by atoms with Gasteiger partial charge >= 0.3 is 0 Å². The summed E-state index contributed by atoms with van der Waals surface area (Å²) in [6, 6.07) is 0. The summed E-state index contributed by atoms with van der Waals surface area (Å²) in [5.74, 6) is 0.669. The highest BCUT2D eigenvalue weighted by atomic mass is 14.5. The molecule has 0 spiro atoms. The second-order valence-corrected chi connectivity index (χ2v) is 5.25. The largest absolute Gasteiger partial charge is 0.330 e. The van der Waals surface area contributed by atoms with Gasteiger partial charge in [-0.25, -0.2) is 0 Å². The zero-order valence-corrected chi connectivity index (χ0v) is 11.8. The van der Waals surface area contributed by atoms with E-state index in [1.807, 2.05) is 0 Å². The number of rotatable bonds is 9. The summed E-state index contributed by atoms with van der Waals surface area (Å²) < 4.78 is 0. The van der Waals surface area contributed by atoms with E-state index < -0.39 is 0 Å². The van der Waals surface area contributed by atoms with Crippen LogP contribution in [0.15, 0.2) is 11.1 Å². The third kappa shape index (κ3) is 7.92. The molecule has 0 radical (unpaired) electrons. The fourth-order valence-electron chi connectivity index (χ4n) is 1.82. The Kier molecular flexibility index (Phi) is 9.71. The lowest BCUT2D eigenvalue weighted by Crippen LogP contribution is -2.10. The highest BCUT2D eigenvalue weighted by Gasteiger charge is 2.02. The molecule has 2 N–H and O–H groups in total. The Morgan fingerprint density at radius 1 is 1.00 bits per heavy atom. The van der Waals surface area contributed by atoms with Crippen molar-refractivity contribution >= 4 is 0 Å². The minimum atomic E-state index is 0.669. The first-order chi connectivity index (χ1) is 7.61. The van der Waals surface area contributed by atoms with Crippen LogP contribution in [0, 0.1) is 5.92 Å². The van der Waals surface area contributed by atoms with Gasteiger partial charge in [-0.3, -0.25) is 0 Å². The van der Waals surface area contributed by atoms with Gasteiger partial charge in [0.15, 0.2) is 0 Å².